The molecule has 4 amide bonds. The first-order chi connectivity index (χ1) is 17.7. The smallest absolute Gasteiger partial charge is 0.407 e. The van der Waals surface area contributed by atoms with Crippen molar-refractivity contribution in [1.29, 1.82) is 0 Å². The van der Waals surface area contributed by atoms with Gasteiger partial charge >= 0.3 is 12.1 Å². The van der Waals surface area contributed by atoms with Crippen molar-refractivity contribution >= 4 is 18.0 Å². The molecule has 1 spiro atoms. The lowest BCUT2D eigenvalue weighted by Gasteiger charge is -2.65. The van der Waals surface area contributed by atoms with Gasteiger partial charge in [-0.25, -0.2) is 9.59 Å². The summed E-state index contributed by atoms with van der Waals surface area (Å²) in [6.07, 6.45) is 4.98. The lowest BCUT2D eigenvalue weighted by Crippen LogP contribution is -2.77. The fraction of sp³-hybridized carbons (Fsp3) is 0.679. The van der Waals surface area contributed by atoms with Gasteiger partial charge in [0.05, 0.1) is 18.8 Å². The SMILES string of the molecule is COc1ccc2c(c1)[C@]13CCN(C(=O)O)[C@H](C2)[C@]1(O)CC[C@]1(C3)C(=O)N(CC2CC2)C(=O)N1CC1CC1. The summed E-state index contributed by atoms with van der Waals surface area (Å²) in [5.74, 6) is 1.38. The van der Waals surface area contributed by atoms with E-state index in [1.807, 2.05) is 23.1 Å². The number of carbonyl (C=O) groups is 3. The van der Waals surface area contributed by atoms with E-state index >= 15 is 0 Å². The minimum atomic E-state index is -1.33. The normalized spacial score (nSPS) is 36.6. The third-order valence-corrected chi connectivity index (χ3v) is 10.4. The third-order valence-electron chi connectivity index (χ3n) is 10.4. The van der Waals surface area contributed by atoms with E-state index in [-0.39, 0.29) is 24.9 Å². The summed E-state index contributed by atoms with van der Waals surface area (Å²) >= 11 is 0. The van der Waals surface area contributed by atoms with Gasteiger partial charge in [0.25, 0.3) is 5.91 Å². The standard InChI is InChI=1S/C28H35N3O6/c1-37-20-7-6-19-12-22-28(36)9-8-27(16-26(28,21(19)13-20)10-11-29(22)25(34)35)23(32)30(14-17-2-3-17)24(33)31(27)15-18-4-5-18/h6-7,13,17-18,22,36H,2-5,8-12,14-16H2,1H3,(H,34,35)/t22-,26-,27+,28-/m1/s1. The Morgan fingerprint density at radius 3 is 2.49 bits per heavy atom. The molecule has 0 radical (unpaired) electrons. The van der Waals surface area contributed by atoms with E-state index < -0.39 is 28.7 Å². The molecule has 9 nitrogen and oxygen atoms in total. The first-order valence-electron chi connectivity index (χ1n) is 13.8. The molecule has 7 rings (SSSR count). The molecule has 2 bridgehead atoms. The summed E-state index contributed by atoms with van der Waals surface area (Å²) in [7, 11) is 1.61. The number of methoxy groups -OCH3 is 1. The number of aliphatic hydroxyl groups is 1. The van der Waals surface area contributed by atoms with Gasteiger partial charge < -0.3 is 24.7 Å². The van der Waals surface area contributed by atoms with E-state index in [0.29, 0.717) is 56.4 Å². The van der Waals surface area contributed by atoms with Crippen molar-refractivity contribution in [2.24, 2.45) is 11.8 Å². The Morgan fingerprint density at radius 1 is 1.08 bits per heavy atom. The Hall–Kier alpha value is -2.81. The van der Waals surface area contributed by atoms with Crippen LogP contribution in [0.25, 0.3) is 0 Å². The van der Waals surface area contributed by atoms with E-state index in [9.17, 15) is 24.6 Å². The average Bonchev–Trinajstić information content (AvgIpc) is 3.80. The average molecular weight is 510 g/mol. The van der Waals surface area contributed by atoms with E-state index in [0.717, 1.165) is 36.8 Å². The van der Waals surface area contributed by atoms with Crippen LogP contribution in [0.4, 0.5) is 9.59 Å². The van der Waals surface area contributed by atoms with E-state index in [2.05, 4.69) is 0 Å². The molecule has 0 unspecified atom stereocenters. The Labute approximate surface area is 216 Å². The molecule has 6 aliphatic rings. The number of hydrogen-bond acceptors (Lipinski definition) is 5. The number of benzene rings is 1. The molecule has 1 aromatic carbocycles. The number of piperidine rings is 1. The molecule has 2 N–H and O–H groups in total. The summed E-state index contributed by atoms with van der Waals surface area (Å²) in [5, 5.41) is 22.5. The second-order valence-electron chi connectivity index (χ2n) is 12.4. The van der Waals surface area contributed by atoms with Gasteiger partial charge in [-0.2, -0.15) is 0 Å². The summed E-state index contributed by atoms with van der Waals surface area (Å²) in [6, 6.07) is 5.05. The maximum atomic E-state index is 14.3. The highest BCUT2D eigenvalue weighted by Crippen LogP contribution is 2.62. The van der Waals surface area contributed by atoms with Gasteiger partial charge in [-0.05, 0) is 92.9 Å². The number of hydrogen-bond donors (Lipinski definition) is 2. The van der Waals surface area contributed by atoms with Gasteiger partial charge in [0, 0.05) is 25.0 Å². The lowest BCUT2D eigenvalue weighted by atomic mass is 9.46. The summed E-state index contributed by atoms with van der Waals surface area (Å²) in [5.41, 5.74) is -1.25. The van der Waals surface area contributed by atoms with Crippen molar-refractivity contribution < 1.29 is 29.3 Å². The Balaban J connectivity index is 1.37. The fourth-order valence-corrected chi connectivity index (χ4v) is 8.10. The number of urea groups is 1. The van der Waals surface area contributed by atoms with Crippen LogP contribution in [0.5, 0.6) is 5.75 Å². The molecule has 2 aliphatic heterocycles. The van der Waals surface area contributed by atoms with Crippen LogP contribution in [0.2, 0.25) is 0 Å². The quantitative estimate of drug-likeness (QED) is 0.591. The predicted octanol–water partition coefficient (Wildman–Crippen LogP) is 2.98. The first kappa shape index (κ1) is 23.3. The highest BCUT2D eigenvalue weighted by Gasteiger charge is 2.72. The van der Waals surface area contributed by atoms with E-state index in [1.165, 1.54) is 9.80 Å². The summed E-state index contributed by atoms with van der Waals surface area (Å²) in [4.78, 5) is 45.0. The first-order valence-corrected chi connectivity index (χ1v) is 13.8. The molecule has 9 heteroatoms. The zero-order chi connectivity index (χ0) is 25.7. The van der Waals surface area contributed by atoms with Crippen LogP contribution in [0.1, 0.15) is 62.5 Å². The monoisotopic (exact) mass is 509 g/mol. The van der Waals surface area contributed by atoms with Crippen molar-refractivity contribution in [3.05, 3.63) is 29.3 Å². The Kier molecular flexibility index (Phi) is 4.80. The van der Waals surface area contributed by atoms with Gasteiger partial charge in [0.15, 0.2) is 0 Å². The number of amides is 4. The van der Waals surface area contributed by atoms with Crippen molar-refractivity contribution in [1.82, 2.24) is 14.7 Å². The number of ether oxygens (including phenoxy) is 1. The molecule has 4 atom stereocenters. The highest BCUT2D eigenvalue weighted by molar-refractivity contribution is 6.07. The number of carbonyl (C=O) groups excluding carboxylic acids is 2. The van der Waals surface area contributed by atoms with Crippen LogP contribution in [0.3, 0.4) is 0 Å². The van der Waals surface area contributed by atoms with Crippen molar-refractivity contribution in [2.75, 3.05) is 26.7 Å². The zero-order valence-electron chi connectivity index (χ0n) is 21.3. The van der Waals surface area contributed by atoms with Gasteiger partial charge in [0.2, 0.25) is 0 Å². The molecule has 0 aromatic heterocycles. The molecule has 5 fully saturated rings. The summed E-state index contributed by atoms with van der Waals surface area (Å²) in [6.45, 7) is 1.35. The fourth-order valence-electron chi connectivity index (χ4n) is 8.10. The van der Waals surface area contributed by atoms with Crippen molar-refractivity contribution in [3.63, 3.8) is 0 Å². The van der Waals surface area contributed by atoms with E-state index in [4.69, 9.17) is 4.74 Å². The maximum absolute atomic E-state index is 14.3. The van der Waals surface area contributed by atoms with Crippen LogP contribution in [0, 0.1) is 11.8 Å². The van der Waals surface area contributed by atoms with Crippen LogP contribution in [0.15, 0.2) is 18.2 Å². The molecule has 1 aromatic rings. The Morgan fingerprint density at radius 2 is 1.81 bits per heavy atom. The van der Waals surface area contributed by atoms with Gasteiger partial charge in [-0.3, -0.25) is 9.69 Å². The predicted molar refractivity (Wildman–Crippen MR) is 132 cm³/mol. The second kappa shape index (κ2) is 7.62. The van der Waals surface area contributed by atoms with Gasteiger partial charge in [-0.1, -0.05) is 6.07 Å². The molecule has 37 heavy (non-hydrogen) atoms. The van der Waals surface area contributed by atoms with Crippen LogP contribution >= 0.6 is 0 Å². The van der Waals surface area contributed by atoms with Crippen molar-refractivity contribution in [2.45, 2.75) is 80.4 Å². The molecular weight excluding hydrogens is 474 g/mol. The molecule has 3 saturated carbocycles. The zero-order valence-corrected chi connectivity index (χ0v) is 21.3. The highest BCUT2D eigenvalue weighted by atomic mass is 16.5. The third kappa shape index (κ3) is 3.09. The molecule has 198 valence electrons. The minimum absolute atomic E-state index is 0.117. The van der Waals surface area contributed by atoms with Crippen LogP contribution < -0.4 is 4.74 Å². The van der Waals surface area contributed by atoms with Crippen molar-refractivity contribution in [3.8, 4) is 5.75 Å². The molecule has 2 saturated heterocycles. The van der Waals surface area contributed by atoms with E-state index in [1.54, 1.807) is 7.11 Å². The van der Waals surface area contributed by atoms with Crippen LogP contribution in [-0.4, -0.2) is 86.9 Å². The lowest BCUT2D eigenvalue weighted by molar-refractivity contribution is -0.182. The molecular formula is C28H35N3O6. The maximum Gasteiger partial charge on any atom is 0.407 e. The topological polar surface area (TPSA) is 111 Å². The van der Waals surface area contributed by atoms with Crippen LogP contribution in [-0.2, 0) is 16.6 Å². The number of nitrogens with zero attached hydrogens (tertiary/aromatic N) is 3. The second-order valence-corrected chi connectivity index (χ2v) is 12.4. The molecule has 4 aliphatic carbocycles. The number of likely N-dealkylation sites (tertiary alicyclic amines) is 1. The number of rotatable bonds is 5. The van der Waals surface area contributed by atoms with Gasteiger partial charge in [0.1, 0.15) is 11.3 Å². The number of carboxylic acid groups (broad SMARTS) is 1. The summed E-state index contributed by atoms with van der Waals surface area (Å²) < 4.78 is 5.57. The number of fused-ring (bicyclic) bond motifs is 1. The number of imide groups is 1. The Bertz CT molecular complexity index is 1200. The minimum Gasteiger partial charge on any atom is -0.497 e. The van der Waals surface area contributed by atoms with Gasteiger partial charge in [-0.15, -0.1) is 0 Å². The largest absolute Gasteiger partial charge is 0.497 e. The molecule has 2 heterocycles.